The van der Waals surface area contributed by atoms with Crippen LogP contribution in [0.2, 0.25) is 0 Å². The first-order valence-corrected chi connectivity index (χ1v) is 6.17. The third-order valence-corrected chi connectivity index (χ3v) is 2.79. The van der Waals surface area contributed by atoms with Gasteiger partial charge in [-0.05, 0) is 24.6 Å². The van der Waals surface area contributed by atoms with Crippen LogP contribution in [0.25, 0.3) is 0 Å². The quantitative estimate of drug-likeness (QED) is 0.854. The maximum Gasteiger partial charge on any atom is 0.336 e. The Morgan fingerprint density at radius 1 is 1.53 bits per heavy atom. The number of carboxylic acid groups (broad SMARTS) is 1. The zero-order chi connectivity index (χ0) is 11.4. The van der Waals surface area contributed by atoms with Gasteiger partial charge in [0.25, 0.3) is 0 Å². The second-order valence-electron chi connectivity index (χ2n) is 2.79. The summed E-state index contributed by atoms with van der Waals surface area (Å²) in [5.41, 5.74) is 0.908. The fraction of sp³-hybridized carbons (Fsp3) is 0.300. The molecule has 0 aliphatic rings. The molecule has 0 amide bonds. The van der Waals surface area contributed by atoms with Gasteiger partial charge in [0.2, 0.25) is 0 Å². The summed E-state index contributed by atoms with van der Waals surface area (Å²) in [6, 6.07) is 5.00. The van der Waals surface area contributed by atoms with E-state index in [1.54, 1.807) is 12.1 Å². The number of rotatable bonds is 4. The SMILES string of the molecule is CCOc1ccc(C(Br)Br)c(C(=O)O)c1. The standard InChI is InChI=1S/C10H10Br2O3/c1-2-15-6-3-4-7(9(11)12)8(5-6)10(13)14/h3-5,9H,2H2,1H3,(H,13,14). The number of hydrogen-bond acceptors (Lipinski definition) is 2. The van der Waals surface area contributed by atoms with Crippen LogP contribution in [0.15, 0.2) is 18.2 Å². The van der Waals surface area contributed by atoms with Gasteiger partial charge in [0.15, 0.2) is 0 Å². The Hall–Kier alpha value is -0.550. The van der Waals surface area contributed by atoms with Crippen LogP contribution >= 0.6 is 31.9 Å². The van der Waals surface area contributed by atoms with Crippen LogP contribution < -0.4 is 4.74 Å². The molecule has 0 aliphatic carbocycles. The van der Waals surface area contributed by atoms with E-state index in [0.717, 1.165) is 0 Å². The lowest BCUT2D eigenvalue weighted by molar-refractivity contribution is 0.0695. The summed E-state index contributed by atoms with van der Waals surface area (Å²) in [6.07, 6.45) is 0. The Morgan fingerprint density at radius 2 is 2.20 bits per heavy atom. The van der Waals surface area contributed by atoms with Gasteiger partial charge < -0.3 is 9.84 Å². The topological polar surface area (TPSA) is 46.5 Å². The van der Waals surface area contributed by atoms with Crippen molar-refractivity contribution >= 4 is 37.8 Å². The first-order chi connectivity index (χ1) is 7.06. The summed E-state index contributed by atoms with van der Waals surface area (Å²) in [5, 5.41) is 9.01. The monoisotopic (exact) mass is 336 g/mol. The molecule has 1 rings (SSSR count). The number of carboxylic acids is 1. The van der Waals surface area contributed by atoms with Crippen LogP contribution in [-0.4, -0.2) is 17.7 Å². The first kappa shape index (κ1) is 12.5. The maximum absolute atomic E-state index is 11.0. The molecule has 0 spiro atoms. The number of carbonyl (C=O) groups is 1. The van der Waals surface area contributed by atoms with Crippen LogP contribution in [0.3, 0.4) is 0 Å². The number of hydrogen-bond donors (Lipinski definition) is 1. The summed E-state index contributed by atoms with van der Waals surface area (Å²) < 4.78 is 5.06. The molecule has 15 heavy (non-hydrogen) atoms. The minimum atomic E-state index is -0.963. The molecule has 0 bridgehead atoms. The lowest BCUT2D eigenvalue weighted by Crippen LogP contribution is -2.03. The van der Waals surface area contributed by atoms with Gasteiger partial charge in [-0.2, -0.15) is 0 Å². The van der Waals surface area contributed by atoms with Crippen molar-refractivity contribution in [1.82, 2.24) is 0 Å². The lowest BCUT2D eigenvalue weighted by Gasteiger charge is -2.09. The highest BCUT2D eigenvalue weighted by Gasteiger charge is 2.15. The summed E-state index contributed by atoms with van der Waals surface area (Å²) in [5.74, 6) is -0.394. The number of ether oxygens (including phenoxy) is 1. The van der Waals surface area contributed by atoms with E-state index in [4.69, 9.17) is 9.84 Å². The van der Waals surface area contributed by atoms with Crippen molar-refractivity contribution in [2.24, 2.45) is 0 Å². The second kappa shape index (κ2) is 5.51. The second-order valence-corrected chi connectivity index (χ2v) is 5.85. The Labute approximate surface area is 105 Å². The largest absolute Gasteiger partial charge is 0.494 e. The fourth-order valence-corrected chi connectivity index (χ4v) is 1.97. The number of halogens is 2. The van der Waals surface area contributed by atoms with Crippen LogP contribution in [-0.2, 0) is 0 Å². The molecule has 1 aromatic carbocycles. The average Bonchev–Trinajstić information content (AvgIpc) is 2.17. The molecule has 0 aromatic heterocycles. The third-order valence-electron chi connectivity index (χ3n) is 1.80. The molecule has 0 aliphatic heterocycles. The minimum absolute atomic E-state index is 0.174. The molecule has 0 unspecified atom stereocenters. The Balaban J connectivity index is 3.15. The van der Waals surface area contributed by atoms with Crippen molar-refractivity contribution in [2.75, 3.05) is 6.61 Å². The molecule has 3 nitrogen and oxygen atoms in total. The fourth-order valence-electron chi connectivity index (χ4n) is 1.17. The van der Waals surface area contributed by atoms with Crippen LogP contribution in [0.1, 0.15) is 26.6 Å². The highest BCUT2D eigenvalue weighted by Crippen LogP contribution is 2.33. The van der Waals surface area contributed by atoms with E-state index in [1.807, 2.05) is 6.92 Å². The molecular weight excluding hydrogens is 328 g/mol. The highest BCUT2D eigenvalue weighted by atomic mass is 79.9. The van der Waals surface area contributed by atoms with Gasteiger partial charge in [-0.1, -0.05) is 37.9 Å². The number of benzene rings is 1. The van der Waals surface area contributed by atoms with E-state index >= 15 is 0 Å². The predicted molar refractivity (Wildman–Crippen MR) is 65.2 cm³/mol. The molecule has 0 saturated heterocycles. The van der Waals surface area contributed by atoms with E-state index in [-0.39, 0.29) is 9.30 Å². The average molecular weight is 338 g/mol. The summed E-state index contributed by atoms with van der Waals surface area (Å²) in [6.45, 7) is 2.37. The van der Waals surface area contributed by atoms with Gasteiger partial charge in [0.1, 0.15) is 5.75 Å². The molecule has 5 heteroatoms. The lowest BCUT2D eigenvalue weighted by atomic mass is 10.1. The van der Waals surface area contributed by atoms with Crippen LogP contribution in [0, 0.1) is 0 Å². The summed E-state index contributed by atoms with van der Waals surface area (Å²) in [4.78, 5) is 11.0. The zero-order valence-corrected chi connectivity index (χ0v) is 11.2. The first-order valence-electron chi connectivity index (χ1n) is 4.34. The molecule has 1 N–H and O–H groups in total. The molecule has 0 heterocycles. The van der Waals surface area contributed by atoms with Crippen molar-refractivity contribution in [3.05, 3.63) is 29.3 Å². The predicted octanol–water partition coefficient (Wildman–Crippen LogP) is 3.57. The molecule has 0 radical (unpaired) electrons. The van der Waals surface area contributed by atoms with Crippen molar-refractivity contribution in [1.29, 1.82) is 0 Å². The number of aromatic carboxylic acids is 1. The third kappa shape index (κ3) is 3.21. The van der Waals surface area contributed by atoms with Gasteiger partial charge in [0, 0.05) is 0 Å². The van der Waals surface area contributed by atoms with Gasteiger partial charge in [-0.25, -0.2) is 4.79 Å². The van der Waals surface area contributed by atoms with Gasteiger partial charge in [-0.3, -0.25) is 0 Å². The number of alkyl halides is 2. The van der Waals surface area contributed by atoms with Crippen molar-refractivity contribution in [2.45, 2.75) is 10.7 Å². The van der Waals surface area contributed by atoms with Crippen LogP contribution in [0.5, 0.6) is 5.75 Å². The zero-order valence-electron chi connectivity index (χ0n) is 8.04. The van der Waals surface area contributed by atoms with Gasteiger partial charge in [-0.15, -0.1) is 0 Å². The Morgan fingerprint density at radius 3 is 2.67 bits per heavy atom. The van der Waals surface area contributed by atoms with Crippen LogP contribution in [0.4, 0.5) is 0 Å². The van der Waals surface area contributed by atoms with E-state index in [9.17, 15) is 4.79 Å². The molecule has 0 saturated carbocycles. The van der Waals surface area contributed by atoms with E-state index in [2.05, 4.69) is 31.9 Å². The van der Waals surface area contributed by atoms with Crippen molar-refractivity contribution in [3.63, 3.8) is 0 Å². The minimum Gasteiger partial charge on any atom is -0.494 e. The highest BCUT2D eigenvalue weighted by molar-refractivity contribution is 9.24. The van der Waals surface area contributed by atoms with Crippen molar-refractivity contribution < 1.29 is 14.6 Å². The summed E-state index contributed by atoms with van der Waals surface area (Å²) >= 11 is 6.56. The normalized spacial score (nSPS) is 10.4. The molecule has 1 aromatic rings. The molecular formula is C10H10Br2O3. The molecule has 82 valence electrons. The molecule has 0 atom stereocenters. The summed E-state index contributed by atoms with van der Waals surface area (Å²) in [7, 11) is 0. The Kier molecular flexibility index (Phi) is 4.60. The van der Waals surface area contributed by atoms with Gasteiger partial charge in [0.05, 0.1) is 15.9 Å². The van der Waals surface area contributed by atoms with E-state index < -0.39 is 5.97 Å². The van der Waals surface area contributed by atoms with E-state index in [1.165, 1.54) is 6.07 Å². The van der Waals surface area contributed by atoms with E-state index in [0.29, 0.717) is 17.9 Å². The smallest absolute Gasteiger partial charge is 0.336 e. The van der Waals surface area contributed by atoms with Crippen molar-refractivity contribution in [3.8, 4) is 5.75 Å². The maximum atomic E-state index is 11.0. The Bertz CT molecular complexity index is 364. The van der Waals surface area contributed by atoms with Gasteiger partial charge >= 0.3 is 5.97 Å². The molecule has 0 fully saturated rings.